The molecule has 0 bridgehead atoms. The Morgan fingerprint density at radius 1 is 1.04 bits per heavy atom. The van der Waals surface area contributed by atoms with Crippen LogP contribution in [0.5, 0.6) is 0 Å². The van der Waals surface area contributed by atoms with Crippen molar-refractivity contribution < 1.29 is 17.6 Å². The van der Waals surface area contributed by atoms with E-state index >= 15 is 0 Å². The van der Waals surface area contributed by atoms with E-state index < -0.39 is 10.0 Å². The Morgan fingerprint density at radius 2 is 1.65 bits per heavy atom. The van der Waals surface area contributed by atoms with E-state index in [4.69, 9.17) is 0 Å². The van der Waals surface area contributed by atoms with Crippen LogP contribution in [0, 0.1) is 5.82 Å². The molecule has 0 aliphatic heterocycles. The van der Waals surface area contributed by atoms with Crippen molar-refractivity contribution >= 4 is 21.6 Å². The Labute approximate surface area is 134 Å². The van der Waals surface area contributed by atoms with Gasteiger partial charge in [0.05, 0.1) is 6.26 Å². The number of sulfonamides is 1. The van der Waals surface area contributed by atoms with Crippen LogP contribution < -0.4 is 10.0 Å². The van der Waals surface area contributed by atoms with Gasteiger partial charge in [-0.3, -0.25) is 4.79 Å². The molecule has 0 aromatic heterocycles. The summed E-state index contributed by atoms with van der Waals surface area (Å²) in [4.78, 5) is 12.1. The minimum atomic E-state index is -3.19. The standard InChI is InChI=1S/C16H17FN2O3S/c1-23(21,22)18-11-10-12-2-4-13(5-3-12)16(20)19-15-8-6-14(17)7-9-15/h2-9,18H,10-11H2,1H3,(H,19,20). The van der Waals surface area contributed by atoms with Gasteiger partial charge in [-0.2, -0.15) is 0 Å². The first-order valence-electron chi connectivity index (χ1n) is 6.94. The number of rotatable bonds is 6. The minimum Gasteiger partial charge on any atom is -0.322 e. The van der Waals surface area contributed by atoms with Crippen molar-refractivity contribution in [2.24, 2.45) is 0 Å². The Balaban J connectivity index is 1.93. The highest BCUT2D eigenvalue weighted by molar-refractivity contribution is 7.88. The highest BCUT2D eigenvalue weighted by Gasteiger charge is 2.06. The van der Waals surface area contributed by atoms with Crippen LogP contribution in [0.4, 0.5) is 10.1 Å². The van der Waals surface area contributed by atoms with Crippen LogP contribution in [0.1, 0.15) is 15.9 Å². The van der Waals surface area contributed by atoms with E-state index in [0.717, 1.165) is 11.8 Å². The molecule has 2 N–H and O–H groups in total. The number of hydrogen-bond acceptors (Lipinski definition) is 3. The molecule has 1 amide bonds. The molecule has 0 heterocycles. The molecule has 0 saturated heterocycles. The first-order chi connectivity index (χ1) is 10.8. The van der Waals surface area contributed by atoms with Gasteiger partial charge < -0.3 is 5.32 Å². The number of hydrogen-bond donors (Lipinski definition) is 2. The summed E-state index contributed by atoms with van der Waals surface area (Å²) < 4.78 is 37.2. The maximum Gasteiger partial charge on any atom is 0.255 e. The monoisotopic (exact) mass is 336 g/mol. The summed E-state index contributed by atoms with van der Waals surface area (Å²) in [5.74, 6) is -0.660. The van der Waals surface area contributed by atoms with E-state index in [0.29, 0.717) is 24.2 Å². The van der Waals surface area contributed by atoms with Gasteiger partial charge in [0, 0.05) is 17.8 Å². The third kappa shape index (κ3) is 5.80. The van der Waals surface area contributed by atoms with Gasteiger partial charge in [0.25, 0.3) is 5.91 Å². The fraction of sp³-hybridized carbons (Fsp3) is 0.188. The summed E-state index contributed by atoms with van der Waals surface area (Å²) in [6.45, 7) is 0.306. The van der Waals surface area contributed by atoms with Gasteiger partial charge in [0.15, 0.2) is 0 Å². The Morgan fingerprint density at radius 3 is 2.22 bits per heavy atom. The highest BCUT2D eigenvalue weighted by atomic mass is 32.2. The van der Waals surface area contributed by atoms with Crippen molar-refractivity contribution in [1.29, 1.82) is 0 Å². The summed E-state index contributed by atoms with van der Waals surface area (Å²) in [5, 5.41) is 2.67. The average Bonchev–Trinajstić information content (AvgIpc) is 2.49. The number of halogens is 1. The fourth-order valence-electron chi connectivity index (χ4n) is 1.94. The molecule has 5 nitrogen and oxygen atoms in total. The van der Waals surface area contributed by atoms with Crippen molar-refractivity contribution in [2.45, 2.75) is 6.42 Å². The number of nitrogens with one attached hydrogen (secondary N) is 2. The molecule has 0 spiro atoms. The number of carbonyl (C=O) groups is 1. The Kier molecular flexibility index (Phi) is 5.46. The van der Waals surface area contributed by atoms with Gasteiger partial charge in [-0.1, -0.05) is 12.1 Å². The highest BCUT2D eigenvalue weighted by Crippen LogP contribution is 2.11. The average molecular weight is 336 g/mol. The lowest BCUT2D eigenvalue weighted by molar-refractivity contribution is 0.102. The van der Waals surface area contributed by atoms with E-state index in [9.17, 15) is 17.6 Å². The van der Waals surface area contributed by atoms with Crippen molar-refractivity contribution in [3.8, 4) is 0 Å². The van der Waals surface area contributed by atoms with Gasteiger partial charge >= 0.3 is 0 Å². The predicted molar refractivity (Wildman–Crippen MR) is 87.3 cm³/mol. The van der Waals surface area contributed by atoms with Crippen molar-refractivity contribution in [3.63, 3.8) is 0 Å². The second-order valence-corrected chi connectivity index (χ2v) is 6.91. The third-order valence-electron chi connectivity index (χ3n) is 3.10. The van der Waals surface area contributed by atoms with Crippen LogP contribution in [0.2, 0.25) is 0 Å². The topological polar surface area (TPSA) is 75.3 Å². The predicted octanol–water partition coefficient (Wildman–Crippen LogP) is 2.17. The smallest absolute Gasteiger partial charge is 0.255 e. The molecule has 2 aromatic rings. The number of carbonyl (C=O) groups excluding carboxylic acids is 1. The molecular formula is C16H17FN2O3S. The Bertz CT molecular complexity index is 772. The summed E-state index contributed by atoms with van der Waals surface area (Å²) in [7, 11) is -3.19. The molecule has 0 aliphatic carbocycles. The molecule has 0 unspecified atom stereocenters. The molecule has 0 saturated carbocycles. The van der Waals surface area contributed by atoms with E-state index in [-0.39, 0.29) is 11.7 Å². The molecule has 0 atom stereocenters. The van der Waals surface area contributed by atoms with Crippen molar-refractivity contribution in [2.75, 3.05) is 18.1 Å². The van der Waals surface area contributed by atoms with Crippen LogP contribution in [0.15, 0.2) is 48.5 Å². The number of anilines is 1. The molecule has 0 aliphatic rings. The lowest BCUT2D eigenvalue weighted by atomic mass is 10.1. The van der Waals surface area contributed by atoms with Gasteiger partial charge in [-0.05, 0) is 48.4 Å². The van der Waals surface area contributed by atoms with Gasteiger partial charge in [-0.25, -0.2) is 17.5 Å². The number of amides is 1. The van der Waals surface area contributed by atoms with E-state index in [1.165, 1.54) is 24.3 Å². The van der Waals surface area contributed by atoms with Crippen molar-refractivity contribution in [3.05, 3.63) is 65.5 Å². The van der Waals surface area contributed by atoms with E-state index in [1.54, 1.807) is 24.3 Å². The van der Waals surface area contributed by atoms with Crippen LogP contribution in [-0.4, -0.2) is 27.1 Å². The van der Waals surface area contributed by atoms with Crippen LogP contribution >= 0.6 is 0 Å². The van der Waals surface area contributed by atoms with Crippen LogP contribution in [-0.2, 0) is 16.4 Å². The molecule has 23 heavy (non-hydrogen) atoms. The van der Waals surface area contributed by atoms with Crippen LogP contribution in [0.25, 0.3) is 0 Å². The normalized spacial score (nSPS) is 11.2. The summed E-state index contributed by atoms with van der Waals surface area (Å²) in [5.41, 5.74) is 1.89. The summed E-state index contributed by atoms with van der Waals surface area (Å²) in [6.07, 6.45) is 1.64. The second-order valence-electron chi connectivity index (χ2n) is 5.07. The third-order valence-corrected chi connectivity index (χ3v) is 3.82. The molecule has 7 heteroatoms. The largest absolute Gasteiger partial charge is 0.322 e. The van der Waals surface area contributed by atoms with Gasteiger partial charge in [-0.15, -0.1) is 0 Å². The maximum absolute atomic E-state index is 12.8. The molecule has 2 rings (SSSR count). The van der Waals surface area contributed by atoms with Crippen LogP contribution in [0.3, 0.4) is 0 Å². The molecule has 0 radical (unpaired) electrons. The molecular weight excluding hydrogens is 319 g/mol. The second kappa shape index (κ2) is 7.34. The zero-order chi connectivity index (χ0) is 16.9. The molecule has 0 fully saturated rings. The molecule has 122 valence electrons. The van der Waals surface area contributed by atoms with Crippen molar-refractivity contribution in [1.82, 2.24) is 4.72 Å². The van der Waals surface area contributed by atoms with Gasteiger partial charge in [0.2, 0.25) is 10.0 Å². The lowest BCUT2D eigenvalue weighted by Gasteiger charge is -2.07. The molecule has 2 aromatic carbocycles. The number of benzene rings is 2. The summed E-state index contributed by atoms with van der Waals surface area (Å²) >= 11 is 0. The maximum atomic E-state index is 12.8. The zero-order valence-corrected chi connectivity index (χ0v) is 13.4. The minimum absolute atomic E-state index is 0.294. The van der Waals surface area contributed by atoms with E-state index in [1.807, 2.05) is 0 Å². The first-order valence-corrected chi connectivity index (χ1v) is 8.83. The SMILES string of the molecule is CS(=O)(=O)NCCc1ccc(C(=O)Nc2ccc(F)cc2)cc1. The van der Waals surface area contributed by atoms with E-state index in [2.05, 4.69) is 10.0 Å². The quantitative estimate of drug-likeness (QED) is 0.849. The first kappa shape index (κ1) is 17.1. The van der Waals surface area contributed by atoms with Gasteiger partial charge in [0.1, 0.15) is 5.82 Å². The Hall–Kier alpha value is -2.25. The fourth-order valence-corrected chi connectivity index (χ4v) is 2.41. The summed E-state index contributed by atoms with van der Waals surface area (Å²) in [6, 6.07) is 12.4. The lowest BCUT2D eigenvalue weighted by Crippen LogP contribution is -2.24. The zero-order valence-electron chi connectivity index (χ0n) is 12.5.